The highest BCUT2D eigenvalue weighted by atomic mass is 32.2. The summed E-state index contributed by atoms with van der Waals surface area (Å²) >= 11 is 0. The maximum absolute atomic E-state index is 12.2. The summed E-state index contributed by atoms with van der Waals surface area (Å²) in [5.74, 6) is 1.34. The van der Waals surface area contributed by atoms with Gasteiger partial charge in [-0.25, -0.2) is 13.4 Å². The van der Waals surface area contributed by atoms with Crippen molar-refractivity contribution in [2.45, 2.75) is 43.5 Å². The van der Waals surface area contributed by atoms with Gasteiger partial charge in [-0.3, -0.25) is 5.10 Å². The van der Waals surface area contributed by atoms with Gasteiger partial charge in [-0.15, -0.1) is 5.10 Å². The summed E-state index contributed by atoms with van der Waals surface area (Å²) in [7, 11) is -3.57. The van der Waals surface area contributed by atoms with Gasteiger partial charge >= 0.3 is 0 Å². The fraction of sp³-hybridized carbons (Fsp3) is 0.545. The van der Waals surface area contributed by atoms with Crippen LogP contribution in [0.15, 0.2) is 9.68 Å². The molecule has 1 fully saturated rings. The Morgan fingerprint density at radius 1 is 1.37 bits per heavy atom. The van der Waals surface area contributed by atoms with Crippen molar-refractivity contribution in [2.24, 2.45) is 0 Å². The first-order chi connectivity index (χ1) is 8.97. The van der Waals surface area contributed by atoms with E-state index in [1.807, 2.05) is 0 Å². The molecule has 0 bridgehead atoms. The van der Waals surface area contributed by atoms with Crippen LogP contribution in [0.5, 0.6) is 0 Å². The second kappa shape index (κ2) is 4.16. The molecular formula is C11H14N4O3S. The summed E-state index contributed by atoms with van der Waals surface area (Å²) in [5, 5.41) is 10.1. The van der Waals surface area contributed by atoms with E-state index in [4.69, 9.17) is 4.52 Å². The highest BCUT2D eigenvalue weighted by Crippen LogP contribution is 2.38. The molecule has 2 heterocycles. The monoisotopic (exact) mass is 282 g/mol. The van der Waals surface area contributed by atoms with Crippen molar-refractivity contribution in [3.63, 3.8) is 0 Å². The fourth-order valence-corrected chi connectivity index (χ4v) is 3.24. The van der Waals surface area contributed by atoms with E-state index in [-0.39, 0.29) is 10.9 Å². The minimum atomic E-state index is -3.57. The van der Waals surface area contributed by atoms with Crippen LogP contribution >= 0.6 is 0 Å². The van der Waals surface area contributed by atoms with Gasteiger partial charge in [0.15, 0.2) is 0 Å². The van der Waals surface area contributed by atoms with Gasteiger partial charge in [0.2, 0.25) is 9.84 Å². The molecule has 102 valence electrons. The van der Waals surface area contributed by atoms with Gasteiger partial charge in [0.1, 0.15) is 11.6 Å². The van der Waals surface area contributed by atoms with E-state index in [1.54, 1.807) is 13.8 Å². The number of sulfone groups is 1. The quantitative estimate of drug-likeness (QED) is 0.905. The van der Waals surface area contributed by atoms with E-state index in [1.165, 1.54) is 0 Å². The molecule has 1 N–H and O–H groups in total. The molecule has 1 aliphatic rings. The lowest BCUT2D eigenvalue weighted by Crippen LogP contribution is -2.08. The van der Waals surface area contributed by atoms with E-state index in [9.17, 15) is 8.42 Å². The van der Waals surface area contributed by atoms with E-state index in [2.05, 4.69) is 20.3 Å². The molecule has 0 saturated heterocycles. The van der Waals surface area contributed by atoms with Crippen molar-refractivity contribution in [3.8, 4) is 0 Å². The number of aryl methyl sites for hydroxylation is 2. The zero-order valence-corrected chi connectivity index (χ0v) is 11.5. The SMILES string of the molecule is Cc1noc(C)c1CS(=O)(=O)c1n[nH]c(C2CC2)n1. The highest BCUT2D eigenvalue weighted by molar-refractivity contribution is 7.90. The molecule has 19 heavy (non-hydrogen) atoms. The summed E-state index contributed by atoms with van der Waals surface area (Å²) < 4.78 is 29.5. The average molecular weight is 282 g/mol. The van der Waals surface area contributed by atoms with Crippen molar-refractivity contribution < 1.29 is 12.9 Å². The summed E-state index contributed by atoms with van der Waals surface area (Å²) in [6, 6.07) is 0. The van der Waals surface area contributed by atoms with Crippen molar-refractivity contribution in [1.29, 1.82) is 0 Å². The molecule has 0 atom stereocenters. The topological polar surface area (TPSA) is 102 Å². The minimum Gasteiger partial charge on any atom is -0.361 e. The van der Waals surface area contributed by atoms with Crippen LogP contribution in [-0.2, 0) is 15.6 Å². The molecule has 0 amide bonds. The molecule has 0 aromatic carbocycles. The Morgan fingerprint density at radius 3 is 2.68 bits per heavy atom. The van der Waals surface area contributed by atoms with Gasteiger partial charge in [0.05, 0.1) is 11.4 Å². The number of hydrogen-bond donors (Lipinski definition) is 1. The highest BCUT2D eigenvalue weighted by Gasteiger charge is 2.30. The lowest BCUT2D eigenvalue weighted by Gasteiger charge is -1.99. The molecule has 3 rings (SSSR count). The lowest BCUT2D eigenvalue weighted by atomic mass is 10.2. The molecule has 7 nitrogen and oxygen atoms in total. The fourth-order valence-electron chi connectivity index (χ4n) is 1.90. The van der Waals surface area contributed by atoms with Crippen LogP contribution < -0.4 is 0 Å². The molecule has 1 saturated carbocycles. The average Bonchev–Trinajstić information content (AvgIpc) is 3.01. The first kappa shape index (κ1) is 12.3. The maximum Gasteiger partial charge on any atom is 0.267 e. The minimum absolute atomic E-state index is 0.144. The molecule has 0 radical (unpaired) electrons. The Bertz CT molecular complexity index is 693. The number of H-pyrrole nitrogens is 1. The molecular weight excluding hydrogens is 268 g/mol. The second-order valence-corrected chi connectivity index (χ2v) is 6.72. The normalized spacial score (nSPS) is 15.9. The van der Waals surface area contributed by atoms with Gasteiger partial charge in [0, 0.05) is 11.5 Å². The van der Waals surface area contributed by atoms with E-state index in [0.717, 1.165) is 12.8 Å². The molecule has 2 aromatic heterocycles. The Kier molecular flexibility index (Phi) is 2.70. The van der Waals surface area contributed by atoms with Crippen molar-refractivity contribution in [3.05, 3.63) is 22.8 Å². The predicted octanol–water partition coefficient (Wildman–Crippen LogP) is 1.26. The molecule has 1 aliphatic carbocycles. The Labute approximate surface area is 110 Å². The molecule has 0 unspecified atom stereocenters. The first-order valence-electron chi connectivity index (χ1n) is 6.04. The largest absolute Gasteiger partial charge is 0.361 e. The van der Waals surface area contributed by atoms with Gasteiger partial charge in [-0.1, -0.05) is 5.16 Å². The van der Waals surface area contributed by atoms with Crippen LogP contribution in [0.25, 0.3) is 0 Å². The second-order valence-electron chi connectivity index (χ2n) is 4.84. The maximum atomic E-state index is 12.2. The zero-order valence-electron chi connectivity index (χ0n) is 10.7. The molecule has 0 spiro atoms. The van der Waals surface area contributed by atoms with E-state index >= 15 is 0 Å². The Hall–Kier alpha value is -1.70. The van der Waals surface area contributed by atoms with Crippen LogP contribution in [-0.4, -0.2) is 28.8 Å². The van der Waals surface area contributed by atoms with Crippen molar-refractivity contribution in [2.75, 3.05) is 0 Å². The standard InChI is InChI=1S/C11H14N4O3S/c1-6-9(7(2)18-15-6)5-19(16,17)11-12-10(13-14-11)8-3-4-8/h8H,3-5H2,1-2H3,(H,12,13,14). The van der Waals surface area contributed by atoms with Crippen LogP contribution in [0.1, 0.15) is 41.6 Å². The summed E-state index contributed by atoms with van der Waals surface area (Å²) in [4.78, 5) is 4.08. The number of nitrogens with one attached hydrogen (secondary N) is 1. The summed E-state index contributed by atoms with van der Waals surface area (Å²) in [5.41, 5.74) is 1.16. The first-order valence-corrected chi connectivity index (χ1v) is 7.69. The molecule has 8 heteroatoms. The summed E-state index contributed by atoms with van der Waals surface area (Å²) in [6.07, 6.45) is 2.08. The number of nitrogens with zero attached hydrogens (tertiary/aromatic N) is 3. The van der Waals surface area contributed by atoms with Gasteiger partial charge in [-0.05, 0) is 26.7 Å². The van der Waals surface area contributed by atoms with Crippen LogP contribution in [0.4, 0.5) is 0 Å². The number of aromatic nitrogens is 4. The van der Waals surface area contributed by atoms with Crippen molar-refractivity contribution in [1.82, 2.24) is 20.3 Å². The number of rotatable bonds is 4. The van der Waals surface area contributed by atoms with Crippen molar-refractivity contribution >= 4 is 9.84 Å². The zero-order chi connectivity index (χ0) is 13.6. The smallest absolute Gasteiger partial charge is 0.267 e. The van der Waals surface area contributed by atoms with E-state index < -0.39 is 9.84 Å². The third-order valence-corrected chi connectivity index (χ3v) is 4.65. The third kappa shape index (κ3) is 2.27. The Balaban J connectivity index is 1.89. The number of hydrogen-bond acceptors (Lipinski definition) is 6. The summed E-state index contributed by atoms with van der Waals surface area (Å²) in [6.45, 7) is 3.41. The van der Waals surface area contributed by atoms with Gasteiger partial charge in [0.25, 0.3) is 5.16 Å². The predicted molar refractivity (Wildman–Crippen MR) is 65.2 cm³/mol. The van der Waals surface area contributed by atoms with Gasteiger partial charge in [-0.2, -0.15) is 0 Å². The molecule has 2 aromatic rings. The van der Waals surface area contributed by atoms with Crippen LogP contribution in [0.3, 0.4) is 0 Å². The molecule has 0 aliphatic heterocycles. The van der Waals surface area contributed by atoms with Gasteiger partial charge < -0.3 is 4.52 Å². The van der Waals surface area contributed by atoms with E-state index in [0.29, 0.717) is 28.8 Å². The van der Waals surface area contributed by atoms with Crippen LogP contribution in [0, 0.1) is 13.8 Å². The lowest BCUT2D eigenvalue weighted by molar-refractivity contribution is 0.392. The Morgan fingerprint density at radius 2 is 2.11 bits per heavy atom. The number of aromatic amines is 1. The van der Waals surface area contributed by atoms with Crippen LogP contribution in [0.2, 0.25) is 0 Å². The third-order valence-electron chi connectivity index (χ3n) is 3.24.